The molecule has 0 aliphatic rings. The first kappa shape index (κ1) is 20.9. The van der Waals surface area contributed by atoms with Gasteiger partial charge in [0.1, 0.15) is 17.4 Å². The predicted molar refractivity (Wildman–Crippen MR) is 121 cm³/mol. The molecule has 9 heteroatoms. The average Bonchev–Trinajstić information content (AvgIpc) is 3.22. The van der Waals surface area contributed by atoms with Crippen molar-refractivity contribution in [3.8, 4) is 17.3 Å². The number of hydrogen-bond acceptors (Lipinski definition) is 4. The monoisotopic (exact) mass is 445 g/mol. The number of aromatic nitrogens is 2. The number of fused-ring (bicyclic) bond motifs is 1. The molecule has 0 saturated carbocycles. The molecule has 0 bridgehead atoms. The van der Waals surface area contributed by atoms with Crippen LogP contribution in [0, 0.1) is 11.3 Å². The maximum absolute atomic E-state index is 13.2. The van der Waals surface area contributed by atoms with E-state index in [1.807, 2.05) is 0 Å². The molecule has 4 aromatic rings. The van der Waals surface area contributed by atoms with Gasteiger partial charge in [-0.05, 0) is 48.5 Å². The third-order valence-corrected chi connectivity index (χ3v) is 5.21. The summed E-state index contributed by atoms with van der Waals surface area (Å²) in [5, 5.41) is 21.6. The summed E-state index contributed by atoms with van der Waals surface area (Å²) in [7, 11) is 1.62. The van der Waals surface area contributed by atoms with Crippen molar-refractivity contribution in [2.45, 2.75) is 0 Å². The van der Waals surface area contributed by atoms with Gasteiger partial charge < -0.3 is 10.0 Å². The fourth-order valence-corrected chi connectivity index (χ4v) is 3.50. The van der Waals surface area contributed by atoms with Crippen LogP contribution in [0.15, 0.2) is 66.9 Å². The lowest BCUT2D eigenvalue weighted by molar-refractivity contribution is 0.0992. The normalized spacial score (nSPS) is 10.5. The SMILES string of the molecule is CN(C(=O)c1ccc2ncc(-c3ccc(NC(=O)O)cc3)n2c1C#N)c1ccc(Cl)cc1. The van der Waals surface area contributed by atoms with Gasteiger partial charge in [0.2, 0.25) is 0 Å². The Morgan fingerprint density at radius 1 is 1.09 bits per heavy atom. The molecule has 4 rings (SSSR count). The molecule has 8 nitrogen and oxygen atoms in total. The summed E-state index contributed by atoms with van der Waals surface area (Å²) in [4.78, 5) is 29.8. The van der Waals surface area contributed by atoms with Crippen LogP contribution in [0.4, 0.5) is 16.2 Å². The van der Waals surface area contributed by atoms with Gasteiger partial charge in [0.25, 0.3) is 5.91 Å². The highest BCUT2D eigenvalue weighted by Gasteiger charge is 2.21. The summed E-state index contributed by atoms with van der Waals surface area (Å²) in [5.74, 6) is -0.355. The number of halogens is 1. The highest BCUT2D eigenvalue weighted by molar-refractivity contribution is 6.30. The Morgan fingerprint density at radius 3 is 2.41 bits per heavy atom. The quantitative estimate of drug-likeness (QED) is 0.464. The minimum absolute atomic E-state index is 0.147. The number of imidazole rings is 1. The Morgan fingerprint density at radius 2 is 1.78 bits per heavy atom. The Balaban J connectivity index is 1.78. The number of carbonyl (C=O) groups is 2. The molecule has 2 aromatic carbocycles. The van der Waals surface area contributed by atoms with Crippen molar-refractivity contribution in [1.82, 2.24) is 9.38 Å². The highest BCUT2D eigenvalue weighted by atomic mass is 35.5. The predicted octanol–water partition coefficient (Wildman–Crippen LogP) is 4.89. The van der Waals surface area contributed by atoms with Gasteiger partial charge in [-0.2, -0.15) is 5.26 Å². The lowest BCUT2D eigenvalue weighted by atomic mass is 10.1. The van der Waals surface area contributed by atoms with Gasteiger partial charge in [-0.3, -0.25) is 14.5 Å². The van der Waals surface area contributed by atoms with Crippen LogP contribution in [0.3, 0.4) is 0 Å². The van der Waals surface area contributed by atoms with Crippen LogP contribution in [0.2, 0.25) is 5.02 Å². The molecule has 0 aliphatic heterocycles. The van der Waals surface area contributed by atoms with Gasteiger partial charge in [-0.15, -0.1) is 0 Å². The second kappa shape index (κ2) is 8.41. The molecular weight excluding hydrogens is 430 g/mol. The molecule has 32 heavy (non-hydrogen) atoms. The Labute approximate surface area is 187 Å². The smallest absolute Gasteiger partial charge is 0.409 e. The van der Waals surface area contributed by atoms with Gasteiger partial charge in [0, 0.05) is 29.0 Å². The molecule has 0 radical (unpaired) electrons. The molecule has 2 N–H and O–H groups in total. The molecule has 2 amide bonds. The number of nitrogens with one attached hydrogen (secondary N) is 1. The lowest BCUT2D eigenvalue weighted by Gasteiger charge is -2.18. The number of anilines is 2. The van der Waals surface area contributed by atoms with Gasteiger partial charge in [0.05, 0.1) is 17.5 Å². The summed E-state index contributed by atoms with van der Waals surface area (Å²) >= 11 is 5.93. The lowest BCUT2D eigenvalue weighted by Crippen LogP contribution is -2.27. The van der Waals surface area contributed by atoms with Crippen molar-refractivity contribution in [3.63, 3.8) is 0 Å². The van der Waals surface area contributed by atoms with E-state index in [2.05, 4.69) is 16.4 Å². The topological polar surface area (TPSA) is 111 Å². The van der Waals surface area contributed by atoms with E-state index < -0.39 is 6.09 Å². The Bertz CT molecular complexity index is 1370. The molecule has 2 aromatic heterocycles. The summed E-state index contributed by atoms with van der Waals surface area (Å²) in [6.45, 7) is 0. The number of rotatable bonds is 4. The largest absolute Gasteiger partial charge is 0.465 e. The first-order valence-electron chi connectivity index (χ1n) is 9.43. The average molecular weight is 446 g/mol. The van der Waals surface area contributed by atoms with Crippen LogP contribution < -0.4 is 10.2 Å². The summed E-state index contributed by atoms with van der Waals surface area (Å²) < 4.78 is 1.61. The van der Waals surface area contributed by atoms with Crippen molar-refractivity contribution < 1.29 is 14.7 Å². The molecule has 0 aliphatic carbocycles. The maximum Gasteiger partial charge on any atom is 0.409 e. The molecule has 0 unspecified atom stereocenters. The van der Waals surface area contributed by atoms with Crippen LogP contribution in [0.25, 0.3) is 16.9 Å². The van der Waals surface area contributed by atoms with E-state index in [1.165, 1.54) is 4.90 Å². The Hall–Kier alpha value is -4.35. The minimum atomic E-state index is -1.16. The van der Waals surface area contributed by atoms with E-state index in [0.29, 0.717) is 33.3 Å². The van der Waals surface area contributed by atoms with Crippen molar-refractivity contribution in [1.29, 1.82) is 5.26 Å². The number of benzene rings is 2. The molecule has 0 spiro atoms. The van der Waals surface area contributed by atoms with Crippen molar-refractivity contribution in [3.05, 3.63) is 83.1 Å². The molecule has 158 valence electrons. The summed E-state index contributed by atoms with van der Waals surface area (Å²) in [6.07, 6.45) is 0.444. The molecule has 0 atom stereocenters. The van der Waals surface area contributed by atoms with Crippen molar-refractivity contribution in [2.75, 3.05) is 17.3 Å². The number of amides is 2. The third-order valence-electron chi connectivity index (χ3n) is 4.95. The van der Waals surface area contributed by atoms with E-state index >= 15 is 0 Å². The van der Waals surface area contributed by atoms with Crippen LogP contribution >= 0.6 is 11.6 Å². The number of pyridine rings is 1. The zero-order valence-corrected chi connectivity index (χ0v) is 17.5. The zero-order valence-electron chi connectivity index (χ0n) is 16.8. The second-order valence-corrected chi connectivity index (χ2v) is 7.33. The third kappa shape index (κ3) is 3.85. The number of carbonyl (C=O) groups excluding carboxylic acids is 1. The standard InChI is InChI=1S/C23H16ClN5O3/c1-28(17-8-4-15(24)5-9-17)22(30)18-10-11-21-26-13-20(29(21)19(18)12-25)14-2-6-16(7-3-14)27-23(31)32/h2-11,13,27H,1H3,(H,31,32). The molecule has 2 heterocycles. The first-order valence-corrected chi connectivity index (χ1v) is 9.81. The second-order valence-electron chi connectivity index (χ2n) is 6.89. The van der Waals surface area contributed by atoms with Gasteiger partial charge >= 0.3 is 6.09 Å². The van der Waals surface area contributed by atoms with Gasteiger partial charge in [0.15, 0.2) is 0 Å². The van der Waals surface area contributed by atoms with E-state index in [1.54, 1.807) is 78.3 Å². The van der Waals surface area contributed by atoms with Crippen LogP contribution in [0.5, 0.6) is 0 Å². The van der Waals surface area contributed by atoms with Crippen LogP contribution in [-0.2, 0) is 0 Å². The zero-order chi connectivity index (χ0) is 22.8. The molecule has 0 saturated heterocycles. The van der Waals surface area contributed by atoms with Gasteiger partial charge in [-0.25, -0.2) is 9.78 Å². The fraction of sp³-hybridized carbons (Fsp3) is 0.0435. The van der Waals surface area contributed by atoms with Crippen molar-refractivity contribution >= 4 is 40.6 Å². The number of nitrogens with zero attached hydrogens (tertiary/aromatic N) is 4. The number of nitriles is 1. The number of hydrogen-bond donors (Lipinski definition) is 2. The van der Waals surface area contributed by atoms with E-state index in [0.717, 1.165) is 0 Å². The Kier molecular flexibility index (Phi) is 5.50. The maximum atomic E-state index is 13.2. The van der Waals surface area contributed by atoms with Crippen molar-refractivity contribution in [2.24, 2.45) is 0 Å². The first-order chi connectivity index (χ1) is 15.4. The van der Waals surface area contributed by atoms with E-state index in [-0.39, 0.29) is 17.2 Å². The minimum Gasteiger partial charge on any atom is -0.465 e. The number of carboxylic acid groups (broad SMARTS) is 1. The van der Waals surface area contributed by atoms with E-state index in [9.17, 15) is 14.9 Å². The molecular formula is C23H16ClN5O3. The summed E-state index contributed by atoms with van der Waals surface area (Å²) in [5.41, 5.74) is 3.24. The fourth-order valence-electron chi connectivity index (χ4n) is 3.37. The summed E-state index contributed by atoms with van der Waals surface area (Å²) in [6, 6.07) is 18.9. The van der Waals surface area contributed by atoms with Crippen LogP contribution in [0.1, 0.15) is 16.1 Å². The van der Waals surface area contributed by atoms with E-state index in [4.69, 9.17) is 16.7 Å². The van der Waals surface area contributed by atoms with Crippen LogP contribution in [-0.4, -0.2) is 33.5 Å². The molecule has 0 fully saturated rings. The van der Waals surface area contributed by atoms with Gasteiger partial charge in [-0.1, -0.05) is 23.7 Å². The highest BCUT2D eigenvalue weighted by Crippen LogP contribution is 2.27.